The Bertz CT molecular complexity index is 610. The van der Waals surface area contributed by atoms with Crippen LogP contribution in [0.25, 0.3) is 0 Å². The van der Waals surface area contributed by atoms with Crippen LogP contribution in [0.5, 0.6) is 11.5 Å². The molecule has 0 saturated heterocycles. The fourth-order valence-electron chi connectivity index (χ4n) is 2.38. The summed E-state index contributed by atoms with van der Waals surface area (Å²) in [5, 5.41) is 13.4. The molecule has 0 aliphatic carbocycles. The van der Waals surface area contributed by atoms with Crippen molar-refractivity contribution in [1.82, 2.24) is 5.32 Å². The Kier molecular flexibility index (Phi) is 4.08. The van der Waals surface area contributed by atoms with Gasteiger partial charge in [0.15, 0.2) is 11.5 Å². The Morgan fingerprint density at radius 3 is 2.76 bits per heavy atom. The zero-order valence-electron chi connectivity index (χ0n) is 12.0. The standard InChI is InChI=1S/C17H19NO3/c1-12-5-7-13(8-6-12)15(19)10-18-9-14-3-2-4-16-17(14)21-11-20-16/h2-8,15,18-19H,9-11H2,1H3. The topological polar surface area (TPSA) is 50.7 Å². The van der Waals surface area contributed by atoms with Gasteiger partial charge in [-0.1, -0.05) is 42.0 Å². The Balaban J connectivity index is 1.57. The van der Waals surface area contributed by atoms with Crippen molar-refractivity contribution in [3.05, 3.63) is 59.2 Å². The first kappa shape index (κ1) is 13.9. The first-order chi connectivity index (χ1) is 10.2. The van der Waals surface area contributed by atoms with Gasteiger partial charge in [-0.2, -0.15) is 0 Å². The number of para-hydroxylation sites is 1. The van der Waals surface area contributed by atoms with Crippen LogP contribution in [0.15, 0.2) is 42.5 Å². The zero-order valence-corrected chi connectivity index (χ0v) is 12.0. The van der Waals surface area contributed by atoms with Crippen LogP contribution in [0, 0.1) is 6.92 Å². The Morgan fingerprint density at radius 2 is 1.95 bits per heavy atom. The van der Waals surface area contributed by atoms with Gasteiger partial charge in [0, 0.05) is 18.7 Å². The van der Waals surface area contributed by atoms with E-state index in [0.29, 0.717) is 13.1 Å². The van der Waals surface area contributed by atoms with Gasteiger partial charge in [-0.15, -0.1) is 0 Å². The molecule has 4 nitrogen and oxygen atoms in total. The average Bonchev–Trinajstić information content (AvgIpc) is 2.97. The van der Waals surface area contributed by atoms with Crippen LogP contribution in [0.3, 0.4) is 0 Å². The summed E-state index contributed by atoms with van der Waals surface area (Å²) < 4.78 is 10.8. The van der Waals surface area contributed by atoms with Crippen LogP contribution < -0.4 is 14.8 Å². The molecule has 0 amide bonds. The van der Waals surface area contributed by atoms with E-state index >= 15 is 0 Å². The summed E-state index contributed by atoms with van der Waals surface area (Å²) in [7, 11) is 0. The van der Waals surface area contributed by atoms with Crippen molar-refractivity contribution in [2.75, 3.05) is 13.3 Å². The normalized spacial score (nSPS) is 14.2. The molecule has 21 heavy (non-hydrogen) atoms. The Labute approximate surface area is 124 Å². The molecule has 1 aliphatic rings. The summed E-state index contributed by atoms with van der Waals surface area (Å²) >= 11 is 0. The lowest BCUT2D eigenvalue weighted by molar-refractivity contribution is 0.170. The molecule has 2 aromatic rings. The van der Waals surface area contributed by atoms with Gasteiger partial charge in [-0.05, 0) is 18.6 Å². The maximum Gasteiger partial charge on any atom is 0.231 e. The number of aliphatic hydroxyl groups excluding tert-OH is 1. The summed E-state index contributed by atoms with van der Waals surface area (Å²) in [6.45, 7) is 3.44. The molecule has 1 atom stereocenters. The number of aliphatic hydroxyl groups is 1. The van der Waals surface area contributed by atoms with Crippen LogP contribution in [-0.2, 0) is 6.54 Å². The number of aryl methyl sites for hydroxylation is 1. The highest BCUT2D eigenvalue weighted by Gasteiger charge is 2.17. The van der Waals surface area contributed by atoms with E-state index in [1.165, 1.54) is 5.56 Å². The fourth-order valence-corrected chi connectivity index (χ4v) is 2.38. The van der Waals surface area contributed by atoms with E-state index in [4.69, 9.17) is 9.47 Å². The summed E-state index contributed by atoms with van der Waals surface area (Å²) in [6.07, 6.45) is -0.514. The molecule has 110 valence electrons. The van der Waals surface area contributed by atoms with Crippen molar-refractivity contribution < 1.29 is 14.6 Å². The van der Waals surface area contributed by atoms with Crippen molar-refractivity contribution in [3.63, 3.8) is 0 Å². The average molecular weight is 285 g/mol. The summed E-state index contributed by atoms with van der Waals surface area (Å²) in [5.41, 5.74) is 3.16. The molecule has 0 fully saturated rings. The van der Waals surface area contributed by atoms with E-state index in [1.54, 1.807) is 0 Å². The summed E-state index contributed by atoms with van der Waals surface area (Å²) in [4.78, 5) is 0. The molecule has 2 aromatic carbocycles. The third-order valence-electron chi connectivity index (χ3n) is 3.59. The molecule has 0 radical (unpaired) electrons. The van der Waals surface area contributed by atoms with Crippen molar-refractivity contribution in [2.24, 2.45) is 0 Å². The third kappa shape index (κ3) is 3.17. The molecule has 0 spiro atoms. The van der Waals surface area contributed by atoms with Crippen LogP contribution in [0.4, 0.5) is 0 Å². The first-order valence-corrected chi connectivity index (χ1v) is 7.07. The van der Waals surface area contributed by atoms with E-state index in [1.807, 2.05) is 49.4 Å². The number of ether oxygens (including phenoxy) is 2. The van der Waals surface area contributed by atoms with Gasteiger partial charge < -0.3 is 19.9 Å². The summed E-state index contributed by atoms with van der Waals surface area (Å²) in [6, 6.07) is 13.8. The predicted molar refractivity (Wildman–Crippen MR) is 80.4 cm³/mol. The molecular weight excluding hydrogens is 266 g/mol. The Morgan fingerprint density at radius 1 is 1.14 bits per heavy atom. The number of hydrogen-bond acceptors (Lipinski definition) is 4. The minimum absolute atomic E-state index is 0.276. The summed E-state index contributed by atoms with van der Waals surface area (Å²) in [5.74, 6) is 1.59. The Hall–Kier alpha value is -2.04. The van der Waals surface area contributed by atoms with E-state index in [0.717, 1.165) is 22.6 Å². The second kappa shape index (κ2) is 6.16. The molecule has 4 heteroatoms. The lowest BCUT2D eigenvalue weighted by atomic mass is 10.1. The van der Waals surface area contributed by atoms with E-state index in [9.17, 15) is 5.11 Å². The van der Waals surface area contributed by atoms with Gasteiger partial charge >= 0.3 is 0 Å². The van der Waals surface area contributed by atoms with Gasteiger partial charge in [0.05, 0.1) is 6.10 Å². The van der Waals surface area contributed by atoms with E-state index < -0.39 is 6.10 Å². The number of hydrogen-bond donors (Lipinski definition) is 2. The molecule has 1 heterocycles. The molecule has 2 N–H and O–H groups in total. The SMILES string of the molecule is Cc1ccc(C(O)CNCc2cccc3c2OCO3)cc1. The monoisotopic (exact) mass is 285 g/mol. The number of benzene rings is 2. The number of nitrogens with one attached hydrogen (secondary N) is 1. The van der Waals surface area contributed by atoms with Gasteiger partial charge in [-0.3, -0.25) is 0 Å². The molecule has 0 bridgehead atoms. The quantitative estimate of drug-likeness (QED) is 0.886. The minimum Gasteiger partial charge on any atom is -0.454 e. The zero-order chi connectivity index (χ0) is 14.7. The highest BCUT2D eigenvalue weighted by Crippen LogP contribution is 2.35. The predicted octanol–water partition coefficient (Wildman–Crippen LogP) is 2.55. The maximum atomic E-state index is 10.2. The van der Waals surface area contributed by atoms with Crippen LogP contribution >= 0.6 is 0 Å². The van der Waals surface area contributed by atoms with Crippen LogP contribution in [-0.4, -0.2) is 18.4 Å². The fraction of sp³-hybridized carbons (Fsp3) is 0.294. The van der Waals surface area contributed by atoms with Crippen molar-refractivity contribution in [2.45, 2.75) is 19.6 Å². The second-order valence-corrected chi connectivity index (χ2v) is 5.21. The first-order valence-electron chi connectivity index (χ1n) is 7.07. The molecule has 0 aromatic heterocycles. The smallest absolute Gasteiger partial charge is 0.231 e. The third-order valence-corrected chi connectivity index (χ3v) is 3.59. The van der Waals surface area contributed by atoms with Gasteiger partial charge in [0.25, 0.3) is 0 Å². The molecule has 1 unspecified atom stereocenters. The lowest BCUT2D eigenvalue weighted by Crippen LogP contribution is -2.21. The number of rotatable bonds is 5. The highest BCUT2D eigenvalue weighted by atomic mass is 16.7. The largest absolute Gasteiger partial charge is 0.454 e. The van der Waals surface area contributed by atoms with Gasteiger partial charge in [0.2, 0.25) is 6.79 Å². The van der Waals surface area contributed by atoms with E-state index in [-0.39, 0.29) is 6.79 Å². The van der Waals surface area contributed by atoms with Crippen molar-refractivity contribution >= 4 is 0 Å². The van der Waals surface area contributed by atoms with Crippen molar-refractivity contribution in [1.29, 1.82) is 0 Å². The van der Waals surface area contributed by atoms with Gasteiger partial charge in [0.1, 0.15) is 0 Å². The second-order valence-electron chi connectivity index (χ2n) is 5.21. The highest BCUT2D eigenvalue weighted by molar-refractivity contribution is 5.48. The molecule has 0 saturated carbocycles. The minimum atomic E-state index is -0.514. The van der Waals surface area contributed by atoms with Crippen LogP contribution in [0.1, 0.15) is 22.8 Å². The molecular formula is C17H19NO3. The lowest BCUT2D eigenvalue weighted by Gasteiger charge is -2.13. The van der Waals surface area contributed by atoms with Gasteiger partial charge in [-0.25, -0.2) is 0 Å². The van der Waals surface area contributed by atoms with E-state index in [2.05, 4.69) is 5.32 Å². The van der Waals surface area contributed by atoms with Crippen molar-refractivity contribution in [3.8, 4) is 11.5 Å². The maximum absolute atomic E-state index is 10.2. The van der Waals surface area contributed by atoms with Crippen LogP contribution in [0.2, 0.25) is 0 Å². The number of fused-ring (bicyclic) bond motifs is 1. The molecule has 3 rings (SSSR count). The molecule has 1 aliphatic heterocycles.